The summed E-state index contributed by atoms with van der Waals surface area (Å²) in [6.07, 6.45) is 7.67. The van der Waals surface area contributed by atoms with Gasteiger partial charge in [0.15, 0.2) is 0 Å². The van der Waals surface area contributed by atoms with Gasteiger partial charge in [-0.25, -0.2) is 0 Å². The number of hydrogen-bond acceptors (Lipinski definition) is 4. The molecule has 148 valence electrons. The summed E-state index contributed by atoms with van der Waals surface area (Å²) >= 11 is 0. The number of nitrogens with zero attached hydrogens (tertiary/aromatic N) is 4. The Balaban J connectivity index is 5.77. The molecule has 0 radical (unpaired) electrons. The van der Waals surface area contributed by atoms with Gasteiger partial charge in [0.1, 0.15) is 0 Å². The first-order valence-electron chi connectivity index (χ1n) is 10.4. The van der Waals surface area contributed by atoms with Crippen LogP contribution in [-0.2, 0) is 0 Å². The molecule has 0 amide bonds. The van der Waals surface area contributed by atoms with Crippen molar-refractivity contribution in [3.63, 3.8) is 0 Å². The molecule has 0 rings (SSSR count). The second-order valence-electron chi connectivity index (χ2n) is 7.10. The van der Waals surface area contributed by atoms with Gasteiger partial charge in [-0.15, -0.1) is 0 Å². The van der Waals surface area contributed by atoms with E-state index in [0.717, 1.165) is 13.1 Å². The van der Waals surface area contributed by atoms with Gasteiger partial charge >= 0.3 is 154 Å². The second-order valence-corrected chi connectivity index (χ2v) is 11.2. The van der Waals surface area contributed by atoms with Crippen LogP contribution >= 0.6 is 7.87 Å². The molecule has 0 aliphatic rings. The molecule has 0 bridgehead atoms. The first kappa shape index (κ1) is 24.3. The molecule has 0 aliphatic heterocycles. The SMILES string of the molecule is CCCCN(C)[PH](N(C)CCCC)(N(C)CCCC)N(CC)CC. The predicted octanol–water partition coefficient (Wildman–Crippen LogP) is 4.93. The number of hydrogen-bond donors (Lipinski definition) is 0. The molecule has 24 heavy (non-hydrogen) atoms. The van der Waals surface area contributed by atoms with E-state index in [2.05, 4.69) is 74.4 Å². The molecular weight excluding hydrogens is 315 g/mol. The van der Waals surface area contributed by atoms with Crippen LogP contribution in [0.25, 0.3) is 0 Å². The van der Waals surface area contributed by atoms with Crippen LogP contribution in [0.5, 0.6) is 0 Å². The van der Waals surface area contributed by atoms with Gasteiger partial charge in [-0.3, -0.25) is 0 Å². The van der Waals surface area contributed by atoms with Crippen LogP contribution < -0.4 is 0 Å². The van der Waals surface area contributed by atoms with Crippen LogP contribution in [-0.4, -0.2) is 72.5 Å². The summed E-state index contributed by atoms with van der Waals surface area (Å²) in [6, 6.07) is 0. The van der Waals surface area contributed by atoms with Gasteiger partial charge in [0.25, 0.3) is 0 Å². The molecule has 0 heterocycles. The van der Waals surface area contributed by atoms with Gasteiger partial charge in [-0.1, -0.05) is 0 Å². The van der Waals surface area contributed by atoms with E-state index >= 15 is 0 Å². The van der Waals surface area contributed by atoms with Crippen molar-refractivity contribution in [2.24, 2.45) is 0 Å². The van der Waals surface area contributed by atoms with E-state index in [1.807, 2.05) is 0 Å². The van der Waals surface area contributed by atoms with Crippen LogP contribution in [0.15, 0.2) is 0 Å². The third-order valence-corrected chi connectivity index (χ3v) is 10.5. The Bertz CT molecular complexity index is 261. The standard InChI is InChI=1S/C19H47N4P/c1-9-14-17-20(6)24(23(12-4)13-5,21(7)18-15-10-2)22(8)19-16-11-3/h24H,9-19H2,1-8H3. The average Bonchev–Trinajstić information content (AvgIpc) is 2.59. The summed E-state index contributed by atoms with van der Waals surface area (Å²) in [5.74, 6) is 0. The van der Waals surface area contributed by atoms with E-state index in [1.54, 1.807) is 0 Å². The van der Waals surface area contributed by atoms with Crippen molar-refractivity contribution in [2.75, 3.05) is 53.9 Å². The van der Waals surface area contributed by atoms with Gasteiger partial charge in [0.05, 0.1) is 0 Å². The average molecular weight is 363 g/mol. The zero-order valence-electron chi connectivity index (χ0n) is 18.1. The fourth-order valence-corrected chi connectivity index (χ4v) is 9.30. The molecule has 0 aromatic heterocycles. The Morgan fingerprint density at radius 1 is 0.542 bits per heavy atom. The zero-order valence-corrected chi connectivity index (χ0v) is 19.1. The van der Waals surface area contributed by atoms with Crippen LogP contribution in [0.2, 0.25) is 0 Å². The fourth-order valence-electron chi connectivity index (χ4n) is 3.88. The molecule has 0 saturated carbocycles. The van der Waals surface area contributed by atoms with Gasteiger partial charge in [0.2, 0.25) is 0 Å². The number of unbranched alkanes of at least 4 members (excludes halogenated alkanes) is 3. The Morgan fingerprint density at radius 3 is 1.04 bits per heavy atom. The first-order valence-corrected chi connectivity index (χ1v) is 12.1. The van der Waals surface area contributed by atoms with Crippen molar-refractivity contribution in [1.82, 2.24) is 18.7 Å². The van der Waals surface area contributed by atoms with Gasteiger partial charge < -0.3 is 0 Å². The maximum absolute atomic E-state index is 2.77. The van der Waals surface area contributed by atoms with E-state index in [-0.39, 0.29) is 0 Å². The van der Waals surface area contributed by atoms with Crippen molar-refractivity contribution >= 4 is 7.87 Å². The maximum atomic E-state index is 2.77. The molecule has 0 spiro atoms. The zero-order chi connectivity index (χ0) is 18.6. The summed E-state index contributed by atoms with van der Waals surface area (Å²) in [5, 5.41) is 0. The third kappa shape index (κ3) is 6.21. The van der Waals surface area contributed by atoms with Crippen LogP contribution in [0.3, 0.4) is 0 Å². The summed E-state index contributed by atoms with van der Waals surface area (Å²) < 4.78 is 11.0. The van der Waals surface area contributed by atoms with Gasteiger partial charge in [-0.05, 0) is 0 Å². The molecule has 0 aromatic carbocycles. The van der Waals surface area contributed by atoms with E-state index in [1.165, 1.54) is 58.2 Å². The van der Waals surface area contributed by atoms with E-state index < -0.39 is 7.87 Å². The van der Waals surface area contributed by atoms with Crippen molar-refractivity contribution in [2.45, 2.75) is 73.1 Å². The molecule has 0 aromatic rings. The van der Waals surface area contributed by atoms with E-state index in [0.29, 0.717) is 0 Å². The van der Waals surface area contributed by atoms with E-state index in [9.17, 15) is 0 Å². The molecule has 0 unspecified atom stereocenters. The summed E-state index contributed by atoms with van der Waals surface area (Å²) in [7, 11) is 5.13. The molecular formula is C19H47N4P. The quantitative estimate of drug-likeness (QED) is 0.383. The van der Waals surface area contributed by atoms with Crippen molar-refractivity contribution in [3.05, 3.63) is 0 Å². The Kier molecular flexibility index (Phi) is 13.6. The van der Waals surface area contributed by atoms with Gasteiger partial charge in [-0.2, -0.15) is 0 Å². The van der Waals surface area contributed by atoms with Crippen molar-refractivity contribution < 1.29 is 0 Å². The third-order valence-electron chi connectivity index (χ3n) is 5.27. The molecule has 0 N–H and O–H groups in total. The molecule has 5 heteroatoms. The molecule has 0 aliphatic carbocycles. The summed E-state index contributed by atoms with van der Waals surface area (Å²) in [5.41, 5.74) is 0. The summed E-state index contributed by atoms with van der Waals surface area (Å²) in [4.78, 5) is 0. The molecule has 0 saturated heterocycles. The predicted molar refractivity (Wildman–Crippen MR) is 114 cm³/mol. The monoisotopic (exact) mass is 362 g/mol. The first-order chi connectivity index (χ1) is 11.5. The minimum absolute atomic E-state index is 1.13. The van der Waals surface area contributed by atoms with Crippen LogP contribution in [0, 0.1) is 0 Å². The normalized spacial score (nSPS) is 13.7. The minimum atomic E-state index is -2.01. The van der Waals surface area contributed by atoms with Crippen LogP contribution in [0.4, 0.5) is 0 Å². The van der Waals surface area contributed by atoms with Crippen molar-refractivity contribution in [3.8, 4) is 0 Å². The topological polar surface area (TPSA) is 13.0 Å². The molecule has 0 atom stereocenters. The van der Waals surface area contributed by atoms with E-state index in [4.69, 9.17) is 0 Å². The van der Waals surface area contributed by atoms with Crippen LogP contribution in [0.1, 0.15) is 73.1 Å². The molecule has 0 fully saturated rings. The van der Waals surface area contributed by atoms with Crippen molar-refractivity contribution in [1.29, 1.82) is 0 Å². The van der Waals surface area contributed by atoms with Gasteiger partial charge in [0, 0.05) is 0 Å². The Labute approximate surface area is 154 Å². The summed E-state index contributed by atoms with van der Waals surface area (Å²) in [6.45, 7) is 17.4. The number of rotatable bonds is 15. The Morgan fingerprint density at radius 2 is 0.833 bits per heavy atom. The Hall–Kier alpha value is 0.270. The molecule has 4 nitrogen and oxygen atoms in total. The second kappa shape index (κ2) is 13.5. The fraction of sp³-hybridized carbons (Fsp3) is 1.00.